The summed E-state index contributed by atoms with van der Waals surface area (Å²) >= 11 is 0. The Bertz CT molecular complexity index is 923. The lowest BCUT2D eigenvalue weighted by Gasteiger charge is -2.05. The number of aromatic amines is 2. The van der Waals surface area contributed by atoms with Crippen molar-refractivity contribution in [2.45, 2.75) is 20.8 Å². The van der Waals surface area contributed by atoms with Gasteiger partial charge in [0.25, 0.3) is 5.91 Å². The van der Waals surface area contributed by atoms with Crippen LogP contribution in [0.5, 0.6) is 0 Å². The molecule has 1 amide bonds. The largest absolute Gasteiger partial charge is 0.462 e. The third-order valence-corrected chi connectivity index (χ3v) is 3.84. The molecule has 7 nitrogen and oxygen atoms in total. The zero-order chi connectivity index (χ0) is 17.3. The van der Waals surface area contributed by atoms with E-state index >= 15 is 0 Å². The number of ether oxygens (including phenoxy) is 1. The Hall–Kier alpha value is -3.09. The Morgan fingerprint density at radius 1 is 1.29 bits per heavy atom. The van der Waals surface area contributed by atoms with Gasteiger partial charge in [-0.05, 0) is 44.5 Å². The summed E-state index contributed by atoms with van der Waals surface area (Å²) < 4.78 is 5.04. The Balaban J connectivity index is 1.87. The molecule has 0 bridgehead atoms. The molecule has 0 unspecified atom stereocenters. The van der Waals surface area contributed by atoms with Gasteiger partial charge >= 0.3 is 5.97 Å². The molecule has 0 aliphatic rings. The molecule has 1 aromatic carbocycles. The summed E-state index contributed by atoms with van der Waals surface area (Å²) in [6.07, 6.45) is 1.69. The van der Waals surface area contributed by atoms with E-state index in [1.165, 1.54) is 0 Å². The average Bonchev–Trinajstić information content (AvgIpc) is 3.11. The number of carbonyl (C=O) groups is 2. The molecule has 3 rings (SSSR count). The predicted octanol–water partition coefficient (Wildman–Crippen LogP) is 2.94. The summed E-state index contributed by atoms with van der Waals surface area (Å²) in [7, 11) is 0. The number of anilines is 1. The molecule has 7 heteroatoms. The van der Waals surface area contributed by atoms with E-state index in [1.807, 2.05) is 12.1 Å². The molecular weight excluding hydrogens is 308 g/mol. The van der Waals surface area contributed by atoms with Crippen LogP contribution in [-0.2, 0) is 4.74 Å². The van der Waals surface area contributed by atoms with Crippen molar-refractivity contribution in [2.24, 2.45) is 0 Å². The SMILES string of the molecule is CCOC(=O)c1c(C)[nH]c(C(=O)Nc2ccc3[nH]ncc3c2)c1C. The molecule has 0 aliphatic heterocycles. The highest BCUT2D eigenvalue weighted by Gasteiger charge is 2.22. The maximum absolute atomic E-state index is 12.5. The number of hydrogen-bond donors (Lipinski definition) is 3. The van der Waals surface area contributed by atoms with Gasteiger partial charge in [-0.15, -0.1) is 0 Å². The summed E-state index contributed by atoms with van der Waals surface area (Å²) in [6, 6.07) is 5.46. The van der Waals surface area contributed by atoms with E-state index < -0.39 is 5.97 Å². The molecule has 0 saturated carbocycles. The number of aryl methyl sites for hydroxylation is 1. The van der Waals surface area contributed by atoms with E-state index in [2.05, 4.69) is 20.5 Å². The van der Waals surface area contributed by atoms with Crippen LogP contribution in [0.4, 0.5) is 5.69 Å². The number of fused-ring (bicyclic) bond motifs is 1. The lowest BCUT2D eigenvalue weighted by Crippen LogP contribution is -2.14. The minimum absolute atomic E-state index is 0.287. The molecule has 0 aliphatic carbocycles. The van der Waals surface area contributed by atoms with Crippen LogP contribution in [0.2, 0.25) is 0 Å². The van der Waals surface area contributed by atoms with E-state index in [0.29, 0.717) is 28.2 Å². The fraction of sp³-hybridized carbons (Fsp3) is 0.235. The zero-order valence-corrected chi connectivity index (χ0v) is 13.7. The van der Waals surface area contributed by atoms with Crippen molar-refractivity contribution in [3.05, 3.63) is 46.9 Å². The molecule has 0 atom stereocenters. The maximum atomic E-state index is 12.5. The first-order valence-corrected chi connectivity index (χ1v) is 7.62. The number of nitrogens with one attached hydrogen (secondary N) is 3. The van der Waals surface area contributed by atoms with E-state index in [9.17, 15) is 9.59 Å². The first-order chi connectivity index (χ1) is 11.5. The first kappa shape index (κ1) is 15.8. The number of H-pyrrole nitrogens is 2. The topological polar surface area (TPSA) is 99.9 Å². The van der Waals surface area contributed by atoms with Gasteiger partial charge in [0.2, 0.25) is 0 Å². The second-order valence-electron chi connectivity index (χ2n) is 5.47. The number of rotatable bonds is 4. The van der Waals surface area contributed by atoms with Crippen molar-refractivity contribution >= 4 is 28.5 Å². The van der Waals surface area contributed by atoms with E-state index in [0.717, 1.165) is 10.9 Å². The number of hydrogen-bond acceptors (Lipinski definition) is 4. The summed E-state index contributed by atoms with van der Waals surface area (Å²) in [5.41, 5.74) is 3.49. The molecule has 3 N–H and O–H groups in total. The highest BCUT2D eigenvalue weighted by Crippen LogP contribution is 2.21. The normalized spacial score (nSPS) is 10.8. The Labute approximate surface area is 138 Å². The molecule has 2 aromatic heterocycles. The minimum atomic E-state index is -0.428. The van der Waals surface area contributed by atoms with Crippen LogP contribution < -0.4 is 5.32 Å². The van der Waals surface area contributed by atoms with Gasteiger partial charge < -0.3 is 15.0 Å². The van der Waals surface area contributed by atoms with Crippen LogP contribution >= 0.6 is 0 Å². The molecule has 0 saturated heterocycles. The lowest BCUT2D eigenvalue weighted by atomic mass is 10.1. The molecule has 3 aromatic rings. The van der Waals surface area contributed by atoms with Crippen molar-refractivity contribution in [1.82, 2.24) is 15.2 Å². The number of carbonyl (C=O) groups excluding carboxylic acids is 2. The Morgan fingerprint density at radius 3 is 2.83 bits per heavy atom. The van der Waals surface area contributed by atoms with Crippen LogP contribution in [0.1, 0.15) is 39.0 Å². The summed E-state index contributed by atoms with van der Waals surface area (Å²) in [5.74, 6) is -0.739. The van der Waals surface area contributed by atoms with Gasteiger partial charge in [-0.3, -0.25) is 9.89 Å². The standard InChI is InChI=1S/C17H18N4O3/c1-4-24-17(23)14-9(2)15(19-10(14)3)16(22)20-12-5-6-13-11(7-12)8-18-21-13/h5-8,19H,4H2,1-3H3,(H,18,21)(H,20,22). The zero-order valence-electron chi connectivity index (χ0n) is 13.7. The van der Waals surface area contributed by atoms with Gasteiger partial charge in [-0.1, -0.05) is 0 Å². The highest BCUT2D eigenvalue weighted by atomic mass is 16.5. The fourth-order valence-electron chi connectivity index (χ4n) is 2.70. The summed E-state index contributed by atoms with van der Waals surface area (Å²) in [4.78, 5) is 27.5. The molecule has 0 fully saturated rings. The number of aromatic nitrogens is 3. The van der Waals surface area contributed by atoms with Gasteiger partial charge in [-0.25, -0.2) is 4.79 Å². The molecule has 124 valence electrons. The van der Waals surface area contributed by atoms with E-state index in [4.69, 9.17) is 4.74 Å². The smallest absolute Gasteiger partial charge is 0.340 e. The highest BCUT2D eigenvalue weighted by molar-refractivity contribution is 6.07. The monoisotopic (exact) mass is 326 g/mol. The molecule has 0 radical (unpaired) electrons. The van der Waals surface area contributed by atoms with Crippen LogP contribution in [0, 0.1) is 13.8 Å². The third-order valence-electron chi connectivity index (χ3n) is 3.84. The van der Waals surface area contributed by atoms with Crippen LogP contribution in [0.25, 0.3) is 10.9 Å². The Morgan fingerprint density at radius 2 is 2.08 bits per heavy atom. The minimum Gasteiger partial charge on any atom is -0.462 e. The maximum Gasteiger partial charge on any atom is 0.340 e. The second-order valence-corrected chi connectivity index (χ2v) is 5.47. The van der Waals surface area contributed by atoms with Crippen molar-refractivity contribution < 1.29 is 14.3 Å². The van der Waals surface area contributed by atoms with Gasteiger partial charge in [-0.2, -0.15) is 5.10 Å². The van der Waals surface area contributed by atoms with E-state index in [-0.39, 0.29) is 12.5 Å². The van der Waals surface area contributed by atoms with Gasteiger partial charge in [0.15, 0.2) is 0 Å². The third kappa shape index (κ3) is 2.76. The van der Waals surface area contributed by atoms with Crippen LogP contribution in [-0.4, -0.2) is 33.7 Å². The average molecular weight is 326 g/mol. The van der Waals surface area contributed by atoms with E-state index in [1.54, 1.807) is 33.0 Å². The van der Waals surface area contributed by atoms with Crippen LogP contribution in [0.15, 0.2) is 24.4 Å². The van der Waals surface area contributed by atoms with Gasteiger partial charge in [0.1, 0.15) is 5.69 Å². The molecule has 2 heterocycles. The quantitative estimate of drug-likeness (QED) is 0.642. The lowest BCUT2D eigenvalue weighted by molar-refractivity contribution is 0.0525. The first-order valence-electron chi connectivity index (χ1n) is 7.62. The van der Waals surface area contributed by atoms with Gasteiger partial charge in [0, 0.05) is 16.8 Å². The number of benzene rings is 1. The Kier molecular flexibility index (Phi) is 4.07. The molecule has 0 spiro atoms. The predicted molar refractivity (Wildman–Crippen MR) is 90.3 cm³/mol. The number of amides is 1. The number of nitrogens with zero attached hydrogens (tertiary/aromatic N) is 1. The fourth-order valence-corrected chi connectivity index (χ4v) is 2.70. The van der Waals surface area contributed by atoms with Crippen molar-refractivity contribution in [1.29, 1.82) is 0 Å². The summed E-state index contributed by atoms with van der Waals surface area (Å²) in [5, 5.41) is 10.5. The molecule has 24 heavy (non-hydrogen) atoms. The second kappa shape index (κ2) is 6.19. The van der Waals surface area contributed by atoms with Crippen LogP contribution in [0.3, 0.4) is 0 Å². The number of esters is 1. The van der Waals surface area contributed by atoms with Crippen molar-refractivity contribution in [3.63, 3.8) is 0 Å². The molecular formula is C17H18N4O3. The summed E-state index contributed by atoms with van der Waals surface area (Å²) in [6.45, 7) is 5.50. The van der Waals surface area contributed by atoms with Gasteiger partial charge in [0.05, 0.1) is 23.9 Å². The van der Waals surface area contributed by atoms with Crippen molar-refractivity contribution in [3.8, 4) is 0 Å². The van der Waals surface area contributed by atoms with Crippen molar-refractivity contribution in [2.75, 3.05) is 11.9 Å².